The number of pyridine rings is 1. The van der Waals surface area contributed by atoms with E-state index in [1.165, 1.54) is 10.5 Å². The first kappa shape index (κ1) is 17.7. The molecule has 6 nitrogen and oxygen atoms in total. The Bertz CT molecular complexity index is 1020. The number of hydrogen-bond donors (Lipinski definition) is 0. The zero-order valence-corrected chi connectivity index (χ0v) is 15.0. The zero-order valence-electron chi connectivity index (χ0n) is 15.0. The first-order valence-electron chi connectivity index (χ1n) is 8.27. The predicted octanol–water partition coefficient (Wildman–Crippen LogP) is 2.74. The number of benzene rings is 1. The van der Waals surface area contributed by atoms with Gasteiger partial charge in [-0.1, -0.05) is 18.2 Å². The predicted molar refractivity (Wildman–Crippen MR) is 97.4 cm³/mol. The van der Waals surface area contributed by atoms with E-state index in [1.807, 2.05) is 45.0 Å². The van der Waals surface area contributed by atoms with Gasteiger partial charge in [-0.05, 0) is 49.6 Å². The first-order valence-corrected chi connectivity index (χ1v) is 8.27. The van der Waals surface area contributed by atoms with Gasteiger partial charge >= 0.3 is 5.97 Å². The van der Waals surface area contributed by atoms with Gasteiger partial charge in [0.25, 0.3) is 5.56 Å². The molecule has 0 spiro atoms. The molecule has 134 valence electrons. The third-order valence-electron chi connectivity index (χ3n) is 3.93. The molecular formula is C20H20N2O4. The van der Waals surface area contributed by atoms with Crippen LogP contribution in [0.1, 0.15) is 22.4 Å². The minimum Gasteiger partial charge on any atom is -0.482 e. The van der Waals surface area contributed by atoms with Crippen molar-refractivity contribution in [3.63, 3.8) is 0 Å². The molecule has 6 heteroatoms. The summed E-state index contributed by atoms with van der Waals surface area (Å²) in [5.74, 6) is 0.135. The van der Waals surface area contributed by atoms with Gasteiger partial charge in [0, 0.05) is 12.3 Å². The molecule has 3 aromatic rings. The van der Waals surface area contributed by atoms with E-state index < -0.39 is 5.97 Å². The maximum atomic E-state index is 12.1. The average Bonchev–Trinajstić information content (AvgIpc) is 2.61. The Hall–Kier alpha value is -3.15. The highest BCUT2D eigenvalue weighted by Gasteiger charge is 2.09. The standard InChI is InChI=1S/C20H20N2O4/c1-13-4-6-15(3)17(8-13)25-12-20(24)26-11-16-9-19(23)22-10-14(2)5-7-18(22)21-16/h4-10H,11-12H2,1-3H3. The van der Waals surface area contributed by atoms with E-state index in [2.05, 4.69) is 4.98 Å². The van der Waals surface area contributed by atoms with E-state index in [0.29, 0.717) is 17.1 Å². The van der Waals surface area contributed by atoms with E-state index in [1.54, 1.807) is 12.3 Å². The van der Waals surface area contributed by atoms with Gasteiger partial charge < -0.3 is 9.47 Å². The van der Waals surface area contributed by atoms with Crippen molar-refractivity contribution in [2.24, 2.45) is 0 Å². The van der Waals surface area contributed by atoms with Gasteiger partial charge in [-0.2, -0.15) is 0 Å². The van der Waals surface area contributed by atoms with Crippen LogP contribution in [-0.4, -0.2) is 22.0 Å². The summed E-state index contributed by atoms with van der Waals surface area (Å²) in [4.78, 5) is 28.4. The van der Waals surface area contributed by atoms with Gasteiger partial charge in [0.1, 0.15) is 18.0 Å². The summed E-state index contributed by atoms with van der Waals surface area (Å²) in [5, 5.41) is 0. The monoisotopic (exact) mass is 352 g/mol. The SMILES string of the molecule is Cc1ccc(C)c(OCC(=O)OCc2cc(=O)n3cc(C)ccc3n2)c1. The molecule has 0 fully saturated rings. The molecule has 0 bridgehead atoms. The maximum absolute atomic E-state index is 12.1. The maximum Gasteiger partial charge on any atom is 0.344 e. The molecule has 0 N–H and O–H groups in total. The summed E-state index contributed by atoms with van der Waals surface area (Å²) < 4.78 is 12.1. The van der Waals surface area contributed by atoms with Crippen molar-refractivity contribution in [3.8, 4) is 5.75 Å². The molecule has 2 aromatic heterocycles. The molecule has 0 unspecified atom stereocenters. The Kier molecular flexibility index (Phi) is 5.02. The van der Waals surface area contributed by atoms with Crippen LogP contribution in [0.3, 0.4) is 0 Å². The number of fused-ring (bicyclic) bond motifs is 1. The van der Waals surface area contributed by atoms with Crippen molar-refractivity contribution in [2.45, 2.75) is 27.4 Å². The smallest absolute Gasteiger partial charge is 0.344 e. The molecule has 0 atom stereocenters. The van der Waals surface area contributed by atoms with Crippen molar-refractivity contribution in [1.82, 2.24) is 9.38 Å². The van der Waals surface area contributed by atoms with Crippen LogP contribution in [0, 0.1) is 20.8 Å². The number of ether oxygens (including phenoxy) is 2. The molecule has 0 aliphatic heterocycles. The largest absolute Gasteiger partial charge is 0.482 e. The molecule has 1 aromatic carbocycles. The molecular weight excluding hydrogens is 332 g/mol. The second-order valence-electron chi connectivity index (χ2n) is 6.24. The van der Waals surface area contributed by atoms with Gasteiger partial charge in [-0.25, -0.2) is 9.78 Å². The normalized spacial score (nSPS) is 10.7. The molecule has 0 saturated heterocycles. The van der Waals surface area contributed by atoms with E-state index in [4.69, 9.17) is 9.47 Å². The van der Waals surface area contributed by atoms with Crippen molar-refractivity contribution < 1.29 is 14.3 Å². The number of nitrogens with zero attached hydrogens (tertiary/aromatic N) is 2. The van der Waals surface area contributed by atoms with Crippen LogP contribution in [0.5, 0.6) is 5.75 Å². The highest BCUT2D eigenvalue weighted by molar-refractivity contribution is 5.71. The molecule has 2 heterocycles. The molecule has 26 heavy (non-hydrogen) atoms. The minimum absolute atomic E-state index is 0.0748. The fraction of sp³-hybridized carbons (Fsp3) is 0.250. The van der Waals surface area contributed by atoms with Crippen molar-refractivity contribution in [3.05, 3.63) is 75.3 Å². The van der Waals surface area contributed by atoms with Crippen LogP contribution in [0.2, 0.25) is 0 Å². The van der Waals surface area contributed by atoms with Gasteiger partial charge in [0.2, 0.25) is 0 Å². The van der Waals surface area contributed by atoms with Gasteiger partial charge in [-0.15, -0.1) is 0 Å². The molecule has 0 saturated carbocycles. The van der Waals surface area contributed by atoms with Crippen molar-refractivity contribution in [1.29, 1.82) is 0 Å². The van der Waals surface area contributed by atoms with E-state index in [-0.39, 0.29) is 18.8 Å². The molecule has 0 aliphatic rings. The van der Waals surface area contributed by atoms with Gasteiger partial charge in [0.05, 0.1) is 5.69 Å². The fourth-order valence-corrected chi connectivity index (χ4v) is 2.53. The average molecular weight is 352 g/mol. The van der Waals surface area contributed by atoms with E-state index >= 15 is 0 Å². The van der Waals surface area contributed by atoms with Crippen LogP contribution in [-0.2, 0) is 16.1 Å². The van der Waals surface area contributed by atoms with Crippen LogP contribution in [0.4, 0.5) is 0 Å². The van der Waals surface area contributed by atoms with Crippen LogP contribution in [0.25, 0.3) is 5.65 Å². The van der Waals surface area contributed by atoms with E-state index in [0.717, 1.165) is 16.7 Å². The molecule has 0 amide bonds. The minimum atomic E-state index is -0.517. The topological polar surface area (TPSA) is 69.9 Å². The molecule has 3 rings (SSSR count). The Morgan fingerprint density at radius 2 is 1.85 bits per heavy atom. The number of carbonyl (C=O) groups excluding carboxylic acids is 1. The number of aromatic nitrogens is 2. The summed E-state index contributed by atoms with van der Waals surface area (Å²) in [6, 6.07) is 10.8. The lowest BCUT2D eigenvalue weighted by Gasteiger charge is -2.10. The zero-order chi connectivity index (χ0) is 18.7. The molecule has 0 radical (unpaired) electrons. The fourth-order valence-electron chi connectivity index (χ4n) is 2.53. The third-order valence-corrected chi connectivity index (χ3v) is 3.93. The number of esters is 1. The summed E-state index contributed by atoms with van der Waals surface area (Å²) in [6.45, 7) is 5.49. The first-order chi connectivity index (χ1) is 12.4. The number of rotatable bonds is 5. The Morgan fingerprint density at radius 3 is 2.65 bits per heavy atom. The Morgan fingerprint density at radius 1 is 1.08 bits per heavy atom. The van der Waals surface area contributed by atoms with Gasteiger partial charge in [0.15, 0.2) is 6.61 Å². The summed E-state index contributed by atoms with van der Waals surface area (Å²) in [6.07, 6.45) is 1.72. The Labute approximate surface area is 151 Å². The second kappa shape index (κ2) is 7.39. The van der Waals surface area contributed by atoms with Crippen molar-refractivity contribution in [2.75, 3.05) is 6.61 Å². The van der Waals surface area contributed by atoms with Crippen LogP contribution >= 0.6 is 0 Å². The number of carbonyl (C=O) groups is 1. The number of hydrogen-bond acceptors (Lipinski definition) is 5. The lowest BCUT2D eigenvalue weighted by atomic mass is 10.1. The highest BCUT2D eigenvalue weighted by atomic mass is 16.6. The van der Waals surface area contributed by atoms with Crippen LogP contribution in [0.15, 0.2) is 47.4 Å². The summed E-state index contributed by atoms with van der Waals surface area (Å²) in [5.41, 5.74) is 3.67. The lowest BCUT2D eigenvalue weighted by molar-refractivity contribution is -0.147. The summed E-state index contributed by atoms with van der Waals surface area (Å²) in [7, 11) is 0. The quantitative estimate of drug-likeness (QED) is 0.661. The second-order valence-corrected chi connectivity index (χ2v) is 6.24. The van der Waals surface area contributed by atoms with Gasteiger partial charge in [-0.3, -0.25) is 9.20 Å². The van der Waals surface area contributed by atoms with Crippen molar-refractivity contribution >= 4 is 11.6 Å². The third kappa shape index (κ3) is 4.08. The number of aryl methyl sites for hydroxylation is 3. The van der Waals surface area contributed by atoms with E-state index in [9.17, 15) is 9.59 Å². The summed E-state index contributed by atoms with van der Waals surface area (Å²) >= 11 is 0. The Balaban J connectivity index is 1.62. The highest BCUT2D eigenvalue weighted by Crippen LogP contribution is 2.19. The molecule has 0 aliphatic carbocycles. The lowest BCUT2D eigenvalue weighted by Crippen LogP contribution is -2.19. The van der Waals surface area contributed by atoms with Crippen LogP contribution < -0.4 is 10.3 Å².